The van der Waals surface area contributed by atoms with E-state index in [-0.39, 0.29) is 18.6 Å². The number of carbonyl (C=O) groups is 1. The fourth-order valence-electron chi connectivity index (χ4n) is 1.28. The predicted molar refractivity (Wildman–Crippen MR) is 62.8 cm³/mol. The second-order valence-corrected chi connectivity index (χ2v) is 6.39. The molecule has 0 rings (SSSR count). The Labute approximate surface area is 97.3 Å². The third kappa shape index (κ3) is 7.64. The van der Waals surface area contributed by atoms with Crippen molar-refractivity contribution in [3.05, 3.63) is 0 Å². The molecule has 0 aromatic heterocycles. The molecule has 0 heterocycles. The van der Waals surface area contributed by atoms with Crippen molar-refractivity contribution in [3.63, 3.8) is 0 Å². The number of unbranched alkanes of at least 4 members (excludes halogenated alkanes) is 1. The zero-order valence-corrected chi connectivity index (χ0v) is 10.9. The molecule has 0 spiro atoms. The molecule has 0 aromatic rings. The number of rotatable bonds is 8. The van der Waals surface area contributed by atoms with Crippen molar-refractivity contribution < 1.29 is 18.3 Å². The van der Waals surface area contributed by atoms with Crippen LogP contribution in [0.3, 0.4) is 0 Å². The van der Waals surface area contributed by atoms with Crippen molar-refractivity contribution in [1.29, 1.82) is 0 Å². The van der Waals surface area contributed by atoms with E-state index < -0.39 is 21.5 Å². The number of carboxylic acid groups (broad SMARTS) is 1. The van der Waals surface area contributed by atoms with Crippen LogP contribution in [0.2, 0.25) is 0 Å². The monoisotopic (exact) mass is 251 g/mol. The Bertz CT molecular complexity index is 322. The van der Waals surface area contributed by atoms with E-state index in [9.17, 15) is 13.2 Å². The van der Waals surface area contributed by atoms with Crippen LogP contribution < -0.4 is 4.72 Å². The van der Waals surface area contributed by atoms with Gasteiger partial charge in [-0.2, -0.15) is 0 Å². The third-order valence-corrected chi connectivity index (χ3v) is 3.85. The second kappa shape index (κ2) is 6.20. The summed E-state index contributed by atoms with van der Waals surface area (Å²) in [7, 11) is -3.29. The van der Waals surface area contributed by atoms with Gasteiger partial charge in [0.05, 0.1) is 5.75 Å². The standard InChI is InChI=1S/C10H21NO4S/c1-4-5-8-16(14,15)11-10(2,3)7-6-9(12)13/h11H,4-8H2,1-3H3,(H,12,13). The van der Waals surface area contributed by atoms with Crippen LogP contribution in [0.25, 0.3) is 0 Å². The Hall–Kier alpha value is -0.620. The molecule has 2 N–H and O–H groups in total. The van der Waals surface area contributed by atoms with Gasteiger partial charge in [-0.15, -0.1) is 0 Å². The van der Waals surface area contributed by atoms with E-state index in [1.165, 1.54) is 0 Å². The Morgan fingerprint density at radius 1 is 1.38 bits per heavy atom. The third-order valence-electron chi connectivity index (χ3n) is 2.16. The van der Waals surface area contributed by atoms with Crippen molar-refractivity contribution in [2.45, 2.75) is 52.0 Å². The molecule has 6 heteroatoms. The molecule has 0 amide bonds. The molecule has 0 aliphatic rings. The van der Waals surface area contributed by atoms with Gasteiger partial charge in [-0.3, -0.25) is 4.79 Å². The van der Waals surface area contributed by atoms with E-state index in [1.54, 1.807) is 13.8 Å². The van der Waals surface area contributed by atoms with Gasteiger partial charge in [-0.05, 0) is 26.7 Å². The van der Waals surface area contributed by atoms with Crippen molar-refractivity contribution in [1.82, 2.24) is 4.72 Å². The second-order valence-electron chi connectivity index (χ2n) is 4.55. The average Bonchev–Trinajstić information content (AvgIpc) is 2.10. The molecule has 5 nitrogen and oxygen atoms in total. The van der Waals surface area contributed by atoms with Crippen LogP contribution in [0.4, 0.5) is 0 Å². The summed E-state index contributed by atoms with van der Waals surface area (Å²) in [5.41, 5.74) is -0.703. The molecule has 0 saturated heterocycles. The fourth-order valence-corrected chi connectivity index (χ4v) is 2.99. The van der Waals surface area contributed by atoms with Gasteiger partial charge in [0.15, 0.2) is 0 Å². The van der Waals surface area contributed by atoms with Crippen LogP contribution in [0, 0.1) is 0 Å². The van der Waals surface area contributed by atoms with E-state index in [0.29, 0.717) is 6.42 Å². The number of sulfonamides is 1. The highest BCUT2D eigenvalue weighted by Crippen LogP contribution is 2.13. The summed E-state index contributed by atoms with van der Waals surface area (Å²) in [5.74, 6) is -0.819. The largest absolute Gasteiger partial charge is 0.481 e. The first kappa shape index (κ1) is 15.4. The minimum absolute atomic E-state index is 0.0384. The minimum Gasteiger partial charge on any atom is -0.481 e. The van der Waals surface area contributed by atoms with Gasteiger partial charge >= 0.3 is 5.97 Å². The molecular weight excluding hydrogens is 230 g/mol. The maximum absolute atomic E-state index is 11.6. The van der Waals surface area contributed by atoms with E-state index in [0.717, 1.165) is 6.42 Å². The number of hydrogen-bond acceptors (Lipinski definition) is 3. The molecule has 0 radical (unpaired) electrons. The minimum atomic E-state index is -3.29. The van der Waals surface area contributed by atoms with Crippen LogP contribution in [0.15, 0.2) is 0 Å². The smallest absolute Gasteiger partial charge is 0.303 e. The maximum Gasteiger partial charge on any atom is 0.303 e. The molecule has 0 fully saturated rings. The van der Waals surface area contributed by atoms with Gasteiger partial charge in [-0.1, -0.05) is 13.3 Å². The molecule has 16 heavy (non-hydrogen) atoms. The Kier molecular flexibility index (Phi) is 5.96. The lowest BCUT2D eigenvalue weighted by Gasteiger charge is -2.25. The topological polar surface area (TPSA) is 83.5 Å². The summed E-state index contributed by atoms with van der Waals surface area (Å²) in [5, 5.41) is 8.54. The maximum atomic E-state index is 11.6. The Balaban J connectivity index is 4.28. The average molecular weight is 251 g/mol. The summed E-state index contributed by atoms with van der Waals surface area (Å²) in [6, 6.07) is 0. The van der Waals surface area contributed by atoms with Crippen LogP contribution in [0.1, 0.15) is 46.5 Å². The van der Waals surface area contributed by atoms with E-state index in [2.05, 4.69) is 4.72 Å². The highest BCUT2D eigenvalue weighted by atomic mass is 32.2. The Morgan fingerprint density at radius 2 is 1.94 bits per heavy atom. The van der Waals surface area contributed by atoms with Gasteiger partial charge < -0.3 is 5.11 Å². The first-order valence-electron chi connectivity index (χ1n) is 5.42. The molecule has 0 atom stereocenters. The highest BCUT2D eigenvalue weighted by Gasteiger charge is 2.24. The van der Waals surface area contributed by atoms with Crippen molar-refractivity contribution in [2.75, 3.05) is 5.75 Å². The number of nitrogens with one attached hydrogen (secondary N) is 1. The molecule has 0 aliphatic carbocycles. The van der Waals surface area contributed by atoms with Crippen LogP contribution in [-0.2, 0) is 14.8 Å². The molecule has 0 aromatic carbocycles. The Morgan fingerprint density at radius 3 is 2.38 bits per heavy atom. The van der Waals surface area contributed by atoms with E-state index >= 15 is 0 Å². The van der Waals surface area contributed by atoms with Gasteiger partial charge in [-0.25, -0.2) is 13.1 Å². The van der Waals surface area contributed by atoms with E-state index in [4.69, 9.17) is 5.11 Å². The van der Waals surface area contributed by atoms with Crippen LogP contribution >= 0.6 is 0 Å². The van der Waals surface area contributed by atoms with Crippen molar-refractivity contribution >= 4 is 16.0 Å². The fraction of sp³-hybridized carbons (Fsp3) is 0.900. The normalized spacial score (nSPS) is 12.7. The van der Waals surface area contributed by atoms with Gasteiger partial charge in [0.25, 0.3) is 0 Å². The summed E-state index contributed by atoms with van der Waals surface area (Å²) in [6.45, 7) is 5.31. The summed E-state index contributed by atoms with van der Waals surface area (Å²) < 4.78 is 25.7. The zero-order valence-electron chi connectivity index (χ0n) is 10.1. The molecule has 0 aliphatic heterocycles. The van der Waals surface area contributed by atoms with Gasteiger partial charge in [0, 0.05) is 12.0 Å². The van der Waals surface area contributed by atoms with Crippen LogP contribution in [-0.4, -0.2) is 30.8 Å². The quantitative estimate of drug-likeness (QED) is 0.682. The zero-order chi connectivity index (χ0) is 12.8. The lowest BCUT2D eigenvalue weighted by Crippen LogP contribution is -2.44. The number of aliphatic carboxylic acids is 1. The number of hydrogen-bond donors (Lipinski definition) is 2. The van der Waals surface area contributed by atoms with Crippen molar-refractivity contribution in [3.8, 4) is 0 Å². The SMILES string of the molecule is CCCCS(=O)(=O)NC(C)(C)CCC(=O)O. The lowest BCUT2D eigenvalue weighted by atomic mass is 10.0. The molecular formula is C10H21NO4S. The molecule has 0 saturated carbocycles. The van der Waals surface area contributed by atoms with Crippen molar-refractivity contribution in [2.24, 2.45) is 0 Å². The summed E-state index contributed by atoms with van der Waals surface area (Å²) in [4.78, 5) is 10.4. The highest BCUT2D eigenvalue weighted by molar-refractivity contribution is 7.89. The van der Waals surface area contributed by atoms with Gasteiger partial charge in [0.1, 0.15) is 0 Å². The van der Waals surface area contributed by atoms with Gasteiger partial charge in [0.2, 0.25) is 10.0 Å². The van der Waals surface area contributed by atoms with E-state index in [1.807, 2.05) is 6.92 Å². The van der Waals surface area contributed by atoms with Crippen LogP contribution in [0.5, 0.6) is 0 Å². The summed E-state index contributed by atoms with van der Waals surface area (Å²) in [6.07, 6.45) is 1.68. The predicted octanol–water partition coefficient (Wildman–Crippen LogP) is 1.35. The molecule has 0 unspecified atom stereocenters. The summed E-state index contributed by atoms with van der Waals surface area (Å²) >= 11 is 0. The first-order chi connectivity index (χ1) is 7.18. The lowest BCUT2D eigenvalue weighted by molar-refractivity contribution is -0.137. The first-order valence-corrected chi connectivity index (χ1v) is 7.07. The number of carboxylic acids is 1. The molecule has 0 bridgehead atoms. The molecule has 96 valence electrons.